The number of hydrogen-bond acceptors (Lipinski definition) is 4. The lowest BCUT2D eigenvalue weighted by atomic mass is 9.78. The van der Waals surface area contributed by atoms with Crippen molar-refractivity contribution in [1.29, 1.82) is 0 Å². The van der Waals surface area contributed by atoms with Gasteiger partial charge in [0.1, 0.15) is 11.8 Å². The molecule has 3 N–H and O–H groups in total. The topological polar surface area (TPSA) is 72.5 Å². The van der Waals surface area contributed by atoms with Crippen LogP contribution in [-0.2, 0) is 14.9 Å². The van der Waals surface area contributed by atoms with Crippen LogP contribution in [0.4, 0.5) is 0 Å². The molecule has 0 radical (unpaired) electrons. The molecule has 0 aliphatic heterocycles. The molecule has 1 aromatic carbocycles. The van der Waals surface area contributed by atoms with Crippen LogP contribution in [0.1, 0.15) is 19.4 Å². The number of carbonyl (C=O) groups excluding carboxylic acids is 1. The Morgan fingerprint density at radius 3 is 2.31 bits per heavy atom. The number of esters is 1. The van der Waals surface area contributed by atoms with E-state index in [0.717, 1.165) is 5.56 Å². The molecule has 16 heavy (non-hydrogen) atoms. The Labute approximate surface area is 95.0 Å². The highest BCUT2D eigenvalue weighted by Crippen LogP contribution is 2.27. The molecule has 0 bridgehead atoms. The summed E-state index contributed by atoms with van der Waals surface area (Å²) in [4.78, 5) is 11.4. The average molecular weight is 223 g/mol. The van der Waals surface area contributed by atoms with E-state index >= 15 is 0 Å². The maximum absolute atomic E-state index is 11.4. The summed E-state index contributed by atoms with van der Waals surface area (Å²) < 4.78 is 4.63. The lowest BCUT2D eigenvalue weighted by Gasteiger charge is -2.30. The summed E-state index contributed by atoms with van der Waals surface area (Å²) in [7, 11) is 1.31. The van der Waals surface area contributed by atoms with Crippen LogP contribution in [0.5, 0.6) is 5.75 Å². The summed E-state index contributed by atoms with van der Waals surface area (Å²) in [6.45, 7) is 3.72. The molecule has 0 saturated carbocycles. The summed E-state index contributed by atoms with van der Waals surface area (Å²) in [6.07, 6.45) is 0. The Hall–Kier alpha value is -1.55. The van der Waals surface area contributed by atoms with E-state index in [1.54, 1.807) is 24.3 Å². The van der Waals surface area contributed by atoms with Crippen molar-refractivity contribution in [2.75, 3.05) is 7.11 Å². The molecule has 0 aliphatic rings. The molecule has 0 amide bonds. The van der Waals surface area contributed by atoms with E-state index in [1.165, 1.54) is 7.11 Å². The van der Waals surface area contributed by atoms with E-state index in [4.69, 9.17) is 5.73 Å². The number of aromatic hydroxyl groups is 1. The summed E-state index contributed by atoms with van der Waals surface area (Å²) in [5.41, 5.74) is 6.18. The molecule has 1 aromatic rings. The van der Waals surface area contributed by atoms with E-state index in [-0.39, 0.29) is 5.75 Å². The number of ether oxygens (including phenoxy) is 1. The number of phenols is 1. The molecule has 1 unspecified atom stereocenters. The predicted molar refractivity (Wildman–Crippen MR) is 61.1 cm³/mol. The third kappa shape index (κ3) is 2.33. The Morgan fingerprint density at radius 1 is 1.38 bits per heavy atom. The van der Waals surface area contributed by atoms with Gasteiger partial charge in [0, 0.05) is 5.41 Å². The van der Waals surface area contributed by atoms with E-state index < -0.39 is 17.4 Å². The molecule has 4 nitrogen and oxygen atoms in total. The van der Waals surface area contributed by atoms with Crippen LogP contribution in [-0.4, -0.2) is 24.2 Å². The third-order valence-corrected chi connectivity index (χ3v) is 2.84. The fourth-order valence-electron chi connectivity index (χ4n) is 1.49. The zero-order chi connectivity index (χ0) is 12.3. The molecule has 4 heteroatoms. The first-order valence-electron chi connectivity index (χ1n) is 5.02. The minimum Gasteiger partial charge on any atom is -0.508 e. The van der Waals surface area contributed by atoms with Crippen LogP contribution in [0.3, 0.4) is 0 Å². The highest BCUT2D eigenvalue weighted by Gasteiger charge is 2.34. The highest BCUT2D eigenvalue weighted by atomic mass is 16.5. The molecule has 0 spiro atoms. The molecule has 0 aliphatic carbocycles. The van der Waals surface area contributed by atoms with Gasteiger partial charge in [-0.3, -0.25) is 4.79 Å². The Balaban J connectivity index is 3.01. The number of nitrogens with two attached hydrogens (primary N) is 1. The number of methoxy groups -OCH3 is 1. The van der Waals surface area contributed by atoms with Gasteiger partial charge in [-0.25, -0.2) is 0 Å². The molecule has 88 valence electrons. The van der Waals surface area contributed by atoms with Crippen molar-refractivity contribution in [3.8, 4) is 5.75 Å². The zero-order valence-corrected chi connectivity index (χ0v) is 9.73. The van der Waals surface area contributed by atoms with Crippen molar-refractivity contribution < 1.29 is 14.6 Å². The standard InChI is InChI=1S/C12H17NO3/c1-12(2,10(13)11(15)16-3)8-4-6-9(14)7-5-8/h4-7,10,14H,13H2,1-3H3. The summed E-state index contributed by atoms with van der Waals surface area (Å²) in [5, 5.41) is 9.19. The largest absolute Gasteiger partial charge is 0.508 e. The fraction of sp³-hybridized carbons (Fsp3) is 0.417. The maximum Gasteiger partial charge on any atom is 0.323 e. The quantitative estimate of drug-likeness (QED) is 0.754. The van der Waals surface area contributed by atoms with E-state index in [9.17, 15) is 9.90 Å². The summed E-state index contributed by atoms with van der Waals surface area (Å²) in [6, 6.07) is 5.90. The van der Waals surface area contributed by atoms with E-state index in [1.807, 2.05) is 13.8 Å². The Morgan fingerprint density at radius 2 is 1.88 bits per heavy atom. The minimum absolute atomic E-state index is 0.186. The van der Waals surface area contributed by atoms with Gasteiger partial charge < -0.3 is 15.6 Å². The molecule has 1 rings (SSSR count). The van der Waals surface area contributed by atoms with Gasteiger partial charge in [0.05, 0.1) is 7.11 Å². The van der Waals surface area contributed by atoms with Gasteiger partial charge in [0.2, 0.25) is 0 Å². The molecule has 1 atom stereocenters. The van der Waals surface area contributed by atoms with Gasteiger partial charge in [-0.05, 0) is 17.7 Å². The first-order valence-corrected chi connectivity index (χ1v) is 5.02. The van der Waals surface area contributed by atoms with Gasteiger partial charge in [-0.2, -0.15) is 0 Å². The Bertz CT molecular complexity index is 370. The van der Waals surface area contributed by atoms with E-state index in [2.05, 4.69) is 4.74 Å². The smallest absolute Gasteiger partial charge is 0.323 e. The van der Waals surface area contributed by atoms with Gasteiger partial charge in [-0.15, -0.1) is 0 Å². The third-order valence-electron chi connectivity index (χ3n) is 2.84. The van der Waals surface area contributed by atoms with Crippen LogP contribution >= 0.6 is 0 Å². The second-order valence-corrected chi connectivity index (χ2v) is 4.27. The minimum atomic E-state index is -0.734. The van der Waals surface area contributed by atoms with Crippen LogP contribution in [0.25, 0.3) is 0 Å². The van der Waals surface area contributed by atoms with Crippen LogP contribution in [0, 0.1) is 0 Å². The molecule has 0 heterocycles. The average Bonchev–Trinajstić information content (AvgIpc) is 2.27. The second-order valence-electron chi connectivity index (χ2n) is 4.27. The van der Waals surface area contributed by atoms with Crippen molar-refractivity contribution in [2.24, 2.45) is 5.73 Å². The van der Waals surface area contributed by atoms with Crippen molar-refractivity contribution in [3.05, 3.63) is 29.8 Å². The van der Waals surface area contributed by atoms with Crippen molar-refractivity contribution >= 4 is 5.97 Å². The normalized spacial score (nSPS) is 13.2. The SMILES string of the molecule is COC(=O)C(N)C(C)(C)c1ccc(O)cc1. The van der Waals surface area contributed by atoms with Crippen molar-refractivity contribution in [1.82, 2.24) is 0 Å². The van der Waals surface area contributed by atoms with Gasteiger partial charge in [-0.1, -0.05) is 26.0 Å². The Kier molecular flexibility index (Phi) is 3.55. The van der Waals surface area contributed by atoms with Crippen molar-refractivity contribution in [2.45, 2.75) is 25.3 Å². The molecule has 0 saturated heterocycles. The lowest BCUT2D eigenvalue weighted by Crippen LogP contribution is -2.47. The van der Waals surface area contributed by atoms with Gasteiger partial charge >= 0.3 is 5.97 Å². The highest BCUT2D eigenvalue weighted by molar-refractivity contribution is 5.77. The van der Waals surface area contributed by atoms with Crippen molar-refractivity contribution in [3.63, 3.8) is 0 Å². The molecule has 0 fully saturated rings. The second kappa shape index (κ2) is 4.53. The summed E-state index contributed by atoms with van der Waals surface area (Å²) >= 11 is 0. The first kappa shape index (κ1) is 12.5. The van der Waals surface area contributed by atoms with Gasteiger partial charge in [0.15, 0.2) is 0 Å². The van der Waals surface area contributed by atoms with Gasteiger partial charge in [0.25, 0.3) is 0 Å². The number of carbonyl (C=O) groups is 1. The molecular weight excluding hydrogens is 206 g/mol. The fourth-order valence-corrected chi connectivity index (χ4v) is 1.49. The maximum atomic E-state index is 11.4. The van der Waals surface area contributed by atoms with Crippen LogP contribution in [0.2, 0.25) is 0 Å². The number of benzene rings is 1. The summed E-state index contributed by atoms with van der Waals surface area (Å²) in [5.74, 6) is -0.260. The lowest BCUT2D eigenvalue weighted by molar-refractivity contribution is -0.143. The number of phenolic OH excluding ortho intramolecular Hbond substituents is 1. The van der Waals surface area contributed by atoms with E-state index in [0.29, 0.717) is 0 Å². The molecular formula is C12H17NO3. The monoisotopic (exact) mass is 223 g/mol. The number of hydrogen-bond donors (Lipinski definition) is 2. The molecule has 0 aromatic heterocycles. The number of rotatable bonds is 3. The zero-order valence-electron chi connectivity index (χ0n) is 9.73. The van der Waals surface area contributed by atoms with Crippen LogP contribution < -0.4 is 5.73 Å². The predicted octanol–water partition coefficient (Wildman–Crippen LogP) is 1.17. The van der Waals surface area contributed by atoms with Crippen LogP contribution in [0.15, 0.2) is 24.3 Å². The first-order chi connectivity index (χ1) is 7.39.